The molecule has 4 nitrogen and oxygen atoms in total. The highest BCUT2D eigenvalue weighted by molar-refractivity contribution is 14.1. The molecule has 1 aliphatic carbocycles. The molecule has 25 heavy (non-hydrogen) atoms. The van der Waals surface area contributed by atoms with Gasteiger partial charge in [-0.3, -0.25) is 9.59 Å². The Morgan fingerprint density at radius 1 is 1.08 bits per heavy atom. The number of anilines is 2. The maximum Gasteiger partial charge on any atom is 0.237 e. The molecule has 1 atom stereocenters. The molecule has 0 heterocycles. The second-order valence-electron chi connectivity index (χ2n) is 6.05. The van der Waals surface area contributed by atoms with E-state index < -0.39 is 0 Å². The molecular weight excluding hydrogens is 447 g/mol. The molecule has 0 saturated heterocycles. The van der Waals surface area contributed by atoms with Crippen molar-refractivity contribution >= 4 is 57.5 Å². The van der Waals surface area contributed by atoms with Gasteiger partial charge in [0.1, 0.15) is 0 Å². The van der Waals surface area contributed by atoms with E-state index in [0.29, 0.717) is 0 Å². The van der Waals surface area contributed by atoms with Crippen LogP contribution in [-0.2, 0) is 9.59 Å². The van der Waals surface area contributed by atoms with Crippen molar-refractivity contribution in [2.45, 2.75) is 29.9 Å². The lowest BCUT2D eigenvalue weighted by molar-refractivity contribution is -0.117. The van der Waals surface area contributed by atoms with Gasteiger partial charge in [-0.15, -0.1) is 11.8 Å². The molecule has 1 unspecified atom stereocenters. The van der Waals surface area contributed by atoms with Crippen LogP contribution in [0, 0.1) is 9.49 Å². The highest BCUT2D eigenvalue weighted by Gasteiger charge is 2.29. The number of rotatable bonds is 6. The third-order valence-electron chi connectivity index (χ3n) is 3.84. The Labute approximate surface area is 165 Å². The Morgan fingerprint density at radius 3 is 2.48 bits per heavy atom. The van der Waals surface area contributed by atoms with Crippen LogP contribution in [0.1, 0.15) is 19.8 Å². The number of hydrogen-bond donors (Lipinski definition) is 2. The summed E-state index contributed by atoms with van der Waals surface area (Å²) >= 11 is 3.71. The number of carbonyl (C=O) groups excluding carboxylic acids is 2. The third kappa shape index (κ3) is 5.47. The maximum atomic E-state index is 12.4. The van der Waals surface area contributed by atoms with Crippen LogP contribution >= 0.6 is 34.4 Å². The highest BCUT2D eigenvalue weighted by atomic mass is 127. The largest absolute Gasteiger partial charge is 0.326 e. The van der Waals surface area contributed by atoms with E-state index in [1.807, 2.05) is 55.5 Å². The summed E-state index contributed by atoms with van der Waals surface area (Å²) in [4.78, 5) is 25.2. The minimum atomic E-state index is -0.242. The molecule has 2 aromatic rings. The maximum absolute atomic E-state index is 12.4. The van der Waals surface area contributed by atoms with Crippen LogP contribution in [0.25, 0.3) is 0 Å². The van der Waals surface area contributed by atoms with Gasteiger partial charge in [0.25, 0.3) is 0 Å². The molecule has 0 bridgehead atoms. The van der Waals surface area contributed by atoms with Gasteiger partial charge in [0, 0.05) is 25.8 Å². The molecule has 0 aromatic heterocycles. The molecule has 0 radical (unpaired) electrons. The van der Waals surface area contributed by atoms with Crippen molar-refractivity contribution < 1.29 is 9.59 Å². The first kappa shape index (κ1) is 18.3. The number of thioether (sulfide) groups is 1. The lowest BCUT2D eigenvalue weighted by Crippen LogP contribution is -2.22. The molecule has 2 amide bonds. The van der Waals surface area contributed by atoms with Gasteiger partial charge in [0.15, 0.2) is 0 Å². The normalized spacial score (nSPS) is 14.6. The Balaban J connectivity index is 1.57. The number of benzene rings is 2. The van der Waals surface area contributed by atoms with E-state index in [9.17, 15) is 9.59 Å². The van der Waals surface area contributed by atoms with Crippen molar-refractivity contribution in [3.05, 3.63) is 52.1 Å². The summed E-state index contributed by atoms with van der Waals surface area (Å²) < 4.78 is 1.13. The molecule has 0 spiro atoms. The van der Waals surface area contributed by atoms with Gasteiger partial charge in [0.05, 0.1) is 5.25 Å². The standard InChI is InChI=1S/C19H19IN2O2S/c1-12(18(23)21-15-9-7-14(20)8-10-15)25-17-4-2-3-16(11-17)22-19(24)13-5-6-13/h2-4,7-13H,5-6H2,1H3,(H,21,23)(H,22,24). The summed E-state index contributed by atoms with van der Waals surface area (Å²) in [7, 11) is 0. The van der Waals surface area contributed by atoms with E-state index in [1.54, 1.807) is 0 Å². The van der Waals surface area contributed by atoms with Gasteiger partial charge in [-0.2, -0.15) is 0 Å². The van der Waals surface area contributed by atoms with Gasteiger partial charge in [-0.1, -0.05) is 6.07 Å². The molecule has 3 rings (SSSR count). The van der Waals surface area contributed by atoms with Crippen molar-refractivity contribution in [3.8, 4) is 0 Å². The number of amides is 2. The van der Waals surface area contributed by atoms with Crippen LogP contribution in [0.4, 0.5) is 11.4 Å². The van der Waals surface area contributed by atoms with Gasteiger partial charge < -0.3 is 10.6 Å². The number of nitrogens with one attached hydrogen (secondary N) is 2. The van der Waals surface area contributed by atoms with Crippen molar-refractivity contribution in [1.29, 1.82) is 0 Å². The first-order valence-electron chi connectivity index (χ1n) is 8.15. The summed E-state index contributed by atoms with van der Waals surface area (Å²) in [5.41, 5.74) is 1.58. The molecule has 1 fully saturated rings. The summed E-state index contributed by atoms with van der Waals surface area (Å²) in [5.74, 6) is 0.222. The fourth-order valence-corrected chi connectivity index (χ4v) is 3.56. The van der Waals surface area contributed by atoms with Crippen LogP contribution in [0.2, 0.25) is 0 Å². The Bertz CT molecular complexity index is 775. The topological polar surface area (TPSA) is 58.2 Å². The minimum absolute atomic E-state index is 0.0429. The van der Waals surface area contributed by atoms with Crippen LogP contribution in [0.15, 0.2) is 53.4 Å². The smallest absolute Gasteiger partial charge is 0.237 e. The second-order valence-corrected chi connectivity index (χ2v) is 8.71. The average Bonchev–Trinajstić information content (AvgIpc) is 3.42. The zero-order valence-electron chi connectivity index (χ0n) is 13.8. The van der Waals surface area contributed by atoms with Gasteiger partial charge in [-0.25, -0.2) is 0 Å². The summed E-state index contributed by atoms with van der Waals surface area (Å²) in [6, 6.07) is 15.3. The van der Waals surface area contributed by atoms with E-state index in [0.717, 1.165) is 32.7 Å². The zero-order chi connectivity index (χ0) is 17.8. The fraction of sp³-hybridized carbons (Fsp3) is 0.263. The predicted molar refractivity (Wildman–Crippen MR) is 111 cm³/mol. The summed E-state index contributed by atoms with van der Waals surface area (Å²) in [6.45, 7) is 1.88. The fourth-order valence-electron chi connectivity index (χ4n) is 2.27. The Kier molecular flexibility index (Phi) is 6.01. The number of hydrogen-bond acceptors (Lipinski definition) is 3. The molecule has 0 aliphatic heterocycles. The second kappa shape index (κ2) is 8.23. The summed E-state index contributed by atoms with van der Waals surface area (Å²) in [6.07, 6.45) is 1.96. The molecule has 1 aliphatic rings. The van der Waals surface area contributed by atoms with Gasteiger partial charge in [-0.05, 0) is 84.8 Å². The van der Waals surface area contributed by atoms with Crippen molar-refractivity contribution in [2.24, 2.45) is 5.92 Å². The van der Waals surface area contributed by atoms with Crippen molar-refractivity contribution in [1.82, 2.24) is 0 Å². The third-order valence-corrected chi connectivity index (χ3v) is 5.66. The molecule has 130 valence electrons. The van der Waals surface area contributed by atoms with Crippen LogP contribution in [0.5, 0.6) is 0 Å². The Morgan fingerprint density at radius 2 is 1.80 bits per heavy atom. The van der Waals surface area contributed by atoms with Crippen LogP contribution in [-0.4, -0.2) is 17.1 Å². The zero-order valence-corrected chi connectivity index (χ0v) is 16.8. The van der Waals surface area contributed by atoms with Crippen LogP contribution in [0.3, 0.4) is 0 Å². The first-order chi connectivity index (χ1) is 12.0. The molecular formula is C19H19IN2O2S. The SMILES string of the molecule is CC(Sc1cccc(NC(=O)C2CC2)c1)C(=O)Nc1ccc(I)cc1. The average molecular weight is 466 g/mol. The molecule has 2 N–H and O–H groups in total. The summed E-state index contributed by atoms with van der Waals surface area (Å²) in [5, 5.41) is 5.62. The minimum Gasteiger partial charge on any atom is -0.326 e. The highest BCUT2D eigenvalue weighted by Crippen LogP contribution is 2.31. The van der Waals surface area contributed by atoms with Gasteiger partial charge in [0.2, 0.25) is 11.8 Å². The van der Waals surface area contributed by atoms with E-state index >= 15 is 0 Å². The lowest BCUT2D eigenvalue weighted by atomic mass is 10.3. The van der Waals surface area contributed by atoms with E-state index in [2.05, 4.69) is 33.2 Å². The van der Waals surface area contributed by atoms with Gasteiger partial charge >= 0.3 is 0 Å². The van der Waals surface area contributed by atoms with E-state index in [1.165, 1.54) is 11.8 Å². The quantitative estimate of drug-likeness (QED) is 0.477. The van der Waals surface area contributed by atoms with E-state index in [4.69, 9.17) is 0 Å². The van der Waals surface area contributed by atoms with E-state index in [-0.39, 0.29) is 23.0 Å². The Hall–Kier alpha value is -1.54. The lowest BCUT2D eigenvalue weighted by Gasteiger charge is -2.13. The molecule has 1 saturated carbocycles. The molecule has 6 heteroatoms. The predicted octanol–water partition coefficient (Wildman–Crippen LogP) is 4.76. The first-order valence-corrected chi connectivity index (χ1v) is 10.1. The van der Waals surface area contributed by atoms with Crippen molar-refractivity contribution in [2.75, 3.05) is 10.6 Å². The molecule has 2 aromatic carbocycles. The number of halogens is 1. The van der Waals surface area contributed by atoms with Crippen molar-refractivity contribution in [3.63, 3.8) is 0 Å². The monoisotopic (exact) mass is 466 g/mol. The van der Waals surface area contributed by atoms with Crippen LogP contribution < -0.4 is 10.6 Å². The number of carbonyl (C=O) groups is 2.